The first-order chi connectivity index (χ1) is 14.4. The number of hydrogen-bond acceptors (Lipinski definition) is 6. The van der Waals surface area contributed by atoms with Crippen LogP contribution in [0.2, 0.25) is 5.02 Å². The average Bonchev–Trinajstić information content (AvgIpc) is 3.37. The highest BCUT2D eigenvalue weighted by molar-refractivity contribution is 7.91. The summed E-state index contributed by atoms with van der Waals surface area (Å²) in [6.45, 7) is 1.26. The number of carbonyl (C=O) groups is 1. The van der Waals surface area contributed by atoms with Crippen molar-refractivity contribution in [3.63, 3.8) is 0 Å². The van der Waals surface area contributed by atoms with E-state index in [2.05, 4.69) is 4.98 Å². The summed E-state index contributed by atoms with van der Waals surface area (Å²) in [4.78, 5) is 19.5. The molecular formula is C20H16ClN3O3S3. The third-order valence-electron chi connectivity index (χ3n) is 5.08. The summed E-state index contributed by atoms with van der Waals surface area (Å²) in [5.74, 6) is -0.0773. The molecule has 6 nitrogen and oxygen atoms in total. The molecular weight excluding hydrogens is 462 g/mol. The predicted molar refractivity (Wildman–Crippen MR) is 121 cm³/mol. The molecule has 1 aromatic carbocycles. The van der Waals surface area contributed by atoms with Crippen LogP contribution in [0.4, 0.5) is 0 Å². The molecule has 0 unspecified atom stereocenters. The van der Waals surface area contributed by atoms with Crippen LogP contribution < -0.4 is 0 Å². The number of piperazine rings is 1. The van der Waals surface area contributed by atoms with Gasteiger partial charge in [-0.3, -0.25) is 9.78 Å². The van der Waals surface area contributed by atoms with Crippen LogP contribution in [-0.4, -0.2) is 54.7 Å². The Morgan fingerprint density at radius 2 is 1.80 bits per heavy atom. The molecule has 4 heterocycles. The third kappa shape index (κ3) is 3.50. The van der Waals surface area contributed by atoms with Crippen LogP contribution in [-0.2, 0) is 10.0 Å². The zero-order chi connectivity index (χ0) is 20.9. The Hall–Kier alpha value is -2.04. The van der Waals surface area contributed by atoms with Crippen molar-refractivity contribution in [2.75, 3.05) is 26.2 Å². The fourth-order valence-electron chi connectivity index (χ4n) is 3.50. The van der Waals surface area contributed by atoms with Crippen LogP contribution in [0.3, 0.4) is 0 Å². The average molecular weight is 478 g/mol. The van der Waals surface area contributed by atoms with Gasteiger partial charge >= 0.3 is 0 Å². The van der Waals surface area contributed by atoms with E-state index >= 15 is 0 Å². The second-order valence-corrected chi connectivity index (χ2v) is 11.7. The summed E-state index contributed by atoms with van der Waals surface area (Å²) in [5.41, 5.74) is 0.803. The Morgan fingerprint density at radius 3 is 2.57 bits per heavy atom. The Morgan fingerprint density at radius 1 is 1.00 bits per heavy atom. The summed E-state index contributed by atoms with van der Waals surface area (Å²) in [6, 6.07) is 12.6. The van der Waals surface area contributed by atoms with Gasteiger partial charge in [-0.25, -0.2) is 8.42 Å². The van der Waals surface area contributed by atoms with E-state index in [9.17, 15) is 13.2 Å². The van der Waals surface area contributed by atoms with E-state index in [1.54, 1.807) is 35.4 Å². The lowest BCUT2D eigenvalue weighted by molar-refractivity contribution is 0.0703. The molecule has 0 radical (unpaired) electrons. The van der Waals surface area contributed by atoms with Crippen LogP contribution in [0.5, 0.6) is 0 Å². The number of pyridine rings is 1. The number of hydrogen-bond donors (Lipinski definition) is 0. The van der Waals surface area contributed by atoms with E-state index in [0.29, 0.717) is 27.2 Å². The van der Waals surface area contributed by atoms with E-state index in [0.717, 1.165) is 20.3 Å². The molecule has 1 amide bonds. The molecule has 0 spiro atoms. The van der Waals surface area contributed by atoms with Crippen molar-refractivity contribution in [3.8, 4) is 0 Å². The summed E-state index contributed by atoms with van der Waals surface area (Å²) in [7, 11) is -3.61. The number of aromatic nitrogens is 1. The molecule has 5 rings (SSSR count). The smallest absolute Gasteiger partial charge is 0.264 e. The molecule has 1 fully saturated rings. The van der Waals surface area contributed by atoms with Gasteiger partial charge in [0, 0.05) is 42.1 Å². The van der Waals surface area contributed by atoms with Crippen LogP contribution in [0.25, 0.3) is 20.3 Å². The Bertz CT molecular complexity index is 1340. The van der Waals surface area contributed by atoms with Crippen molar-refractivity contribution in [2.24, 2.45) is 0 Å². The molecule has 0 N–H and O–H groups in total. The lowest BCUT2D eigenvalue weighted by atomic mass is 10.3. The lowest BCUT2D eigenvalue weighted by Crippen LogP contribution is -2.50. The van der Waals surface area contributed by atoms with Gasteiger partial charge in [-0.1, -0.05) is 17.7 Å². The van der Waals surface area contributed by atoms with Crippen molar-refractivity contribution < 1.29 is 13.2 Å². The largest absolute Gasteiger partial charge is 0.335 e. The zero-order valence-electron chi connectivity index (χ0n) is 15.6. The normalized spacial score (nSPS) is 15.8. The van der Waals surface area contributed by atoms with Crippen LogP contribution in [0.1, 0.15) is 9.67 Å². The number of nitrogens with zero attached hydrogens (tertiary/aromatic N) is 3. The Kier molecular flexibility index (Phi) is 5.03. The number of carbonyl (C=O) groups excluding carboxylic acids is 1. The van der Waals surface area contributed by atoms with Gasteiger partial charge < -0.3 is 4.90 Å². The van der Waals surface area contributed by atoms with Gasteiger partial charge in [0.1, 0.15) is 4.21 Å². The highest BCUT2D eigenvalue weighted by Crippen LogP contribution is 2.33. The monoisotopic (exact) mass is 477 g/mol. The highest BCUT2D eigenvalue weighted by atomic mass is 35.5. The maximum absolute atomic E-state index is 13.1. The van der Waals surface area contributed by atoms with Gasteiger partial charge in [0.15, 0.2) is 0 Å². The molecule has 1 aliphatic rings. The first kappa shape index (κ1) is 19.9. The summed E-state index contributed by atoms with van der Waals surface area (Å²) < 4.78 is 29.8. The van der Waals surface area contributed by atoms with Gasteiger partial charge in [0.25, 0.3) is 15.9 Å². The summed E-state index contributed by atoms with van der Waals surface area (Å²) >= 11 is 8.65. The zero-order valence-corrected chi connectivity index (χ0v) is 18.8. The molecule has 154 valence electrons. The minimum Gasteiger partial charge on any atom is -0.335 e. The molecule has 1 saturated heterocycles. The van der Waals surface area contributed by atoms with E-state index < -0.39 is 10.0 Å². The van der Waals surface area contributed by atoms with E-state index in [4.69, 9.17) is 11.6 Å². The molecule has 10 heteroatoms. The maximum Gasteiger partial charge on any atom is 0.264 e. The second kappa shape index (κ2) is 7.58. The molecule has 4 aromatic rings. The van der Waals surface area contributed by atoms with E-state index in [-0.39, 0.29) is 19.0 Å². The summed E-state index contributed by atoms with van der Waals surface area (Å²) in [5, 5.41) is 1.44. The molecule has 1 aliphatic heterocycles. The highest BCUT2D eigenvalue weighted by Gasteiger charge is 2.32. The lowest BCUT2D eigenvalue weighted by Gasteiger charge is -2.33. The van der Waals surface area contributed by atoms with E-state index in [1.165, 1.54) is 27.0 Å². The predicted octanol–water partition coefficient (Wildman–Crippen LogP) is 4.31. The number of sulfonamides is 1. The van der Waals surface area contributed by atoms with Gasteiger partial charge in [-0.05, 0) is 41.8 Å². The number of rotatable bonds is 3. The minimum absolute atomic E-state index is 0.0773. The van der Waals surface area contributed by atoms with Crippen molar-refractivity contribution in [1.29, 1.82) is 0 Å². The van der Waals surface area contributed by atoms with Gasteiger partial charge in [0.05, 0.1) is 15.1 Å². The molecule has 3 aromatic heterocycles. The number of benzene rings is 1. The molecule has 0 atom stereocenters. The fourth-order valence-corrected chi connectivity index (χ4v) is 7.74. The van der Waals surface area contributed by atoms with Crippen molar-refractivity contribution in [2.45, 2.75) is 4.21 Å². The first-order valence-electron chi connectivity index (χ1n) is 9.25. The van der Waals surface area contributed by atoms with Crippen molar-refractivity contribution in [1.82, 2.24) is 14.2 Å². The summed E-state index contributed by atoms with van der Waals surface area (Å²) in [6.07, 6.45) is 1.70. The Labute approximate surface area is 186 Å². The molecule has 30 heavy (non-hydrogen) atoms. The number of thiophene rings is 2. The number of halogens is 1. The van der Waals surface area contributed by atoms with Crippen LogP contribution in [0, 0.1) is 0 Å². The minimum atomic E-state index is -3.61. The standard InChI is InChI=1S/C20H16ClN3O3S3/c21-14-4-3-13-10-19(29-17(13)11-14)30(26,27)24-8-6-23(7-9-24)20(25)18-12-15-16(28-18)2-1-5-22-15/h1-5,10-12H,6-9H2. The van der Waals surface area contributed by atoms with Gasteiger partial charge in [-0.2, -0.15) is 4.31 Å². The molecule has 0 saturated carbocycles. The first-order valence-corrected chi connectivity index (χ1v) is 12.7. The number of amides is 1. The fraction of sp³-hybridized carbons (Fsp3) is 0.200. The molecule has 0 bridgehead atoms. The van der Waals surface area contributed by atoms with Crippen molar-refractivity contribution in [3.05, 3.63) is 58.6 Å². The van der Waals surface area contributed by atoms with Crippen LogP contribution >= 0.6 is 34.3 Å². The SMILES string of the molecule is O=C(c1cc2ncccc2s1)N1CCN(S(=O)(=O)c2cc3ccc(Cl)cc3s2)CC1. The Balaban J connectivity index is 1.32. The van der Waals surface area contributed by atoms with Crippen molar-refractivity contribution >= 4 is 70.5 Å². The molecule has 0 aliphatic carbocycles. The third-order valence-corrected chi connectivity index (χ3v) is 9.84. The van der Waals surface area contributed by atoms with Crippen LogP contribution in [0.15, 0.2) is 52.9 Å². The van der Waals surface area contributed by atoms with Gasteiger partial charge in [0.2, 0.25) is 0 Å². The number of fused-ring (bicyclic) bond motifs is 2. The topological polar surface area (TPSA) is 70.6 Å². The quantitative estimate of drug-likeness (QED) is 0.441. The van der Waals surface area contributed by atoms with Gasteiger partial charge in [-0.15, -0.1) is 22.7 Å². The van der Waals surface area contributed by atoms with E-state index in [1.807, 2.05) is 18.2 Å². The second-order valence-electron chi connectivity index (χ2n) is 6.94. The maximum atomic E-state index is 13.1.